The Morgan fingerprint density at radius 1 is 1.32 bits per heavy atom. The molecule has 0 radical (unpaired) electrons. The van der Waals surface area contributed by atoms with Crippen molar-refractivity contribution in [3.8, 4) is 0 Å². The molecule has 0 aliphatic heterocycles. The van der Waals surface area contributed by atoms with E-state index in [2.05, 4.69) is 15.6 Å². The predicted molar refractivity (Wildman–Crippen MR) is 97.8 cm³/mol. The SMILES string of the molecule is COCCNC(=O)CSc1cc(C(=O)NC2CC2)c2ccccc2n1. The molecule has 0 spiro atoms. The third-order valence-electron chi connectivity index (χ3n) is 3.83. The van der Waals surface area contributed by atoms with Crippen LogP contribution in [0.25, 0.3) is 10.9 Å². The van der Waals surface area contributed by atoms with Crippen LogP contribution in [-0.2, 0) is 9.53 Å². The molecule has 1 fully saturated rings. The molecule has 0 atom stereocenters. The number of para-hydroxylation sites is 1. The largest absolute Gasteiger partial charge is 0.383 e. The zero-order valence-electron chi connectivity index (χ0n) is 14.1. The Labute approximate surface area is 150 Å². The summed E-state index contributed by atoms with van der Waals surface area (Å²) in [5, 5.41) is 7.29. The number of nitrogens with zero attached hydrogens (tertiary/aromatic N) is 1. The van der Waals surface area contributed by atoms with Gasteiger partial charge in [0.1, 0.15) is 0 Å². The van der Waals surface area contributed by atoms with Gasteiger partial charge in [-0.2, -0.15) is 0 Å². The number of ether oxygens (including phenoxy) is 1. The summed E-state index contributed by atoms with van der Waals surface area (Å²) in [6.07, 6.45) is 2.08. The maximum Gasteiger partial charge on any atom is 0.252 e. The smallest absolute Gasteiger partial charge is 0.252 e. The van der Waals surface area contributed by atoms with E-state index >= 15 is 0 Å². The molecule has 0 bridgehead atoms. The van der Waals surface area contributed by atoms with Gasteiger partial charge >= 0.3 is 0 Å². The van der Waals surface area contributed by atoms with Crippen LogP contribution >= 0.6 is 11.8 Å². The molecule has 1 heterocycles. The van der Waals surface area contributed by atoms with Gasteiger partial charge < -0.3 is 15.4 Å². The van der Waals surface area contributed by atoms with Crippen LogP contribution in [0.4, 0.5) is 0 Å². The molecule has 3 rings (SSSR count). The van der Waals surface area contributed by atoms with Gasteiger partial charge in [-0.3, -0.25) is 9.59 Å². The van der Waals surface area contributed by atoms with Crippen molar-refractivity contribution in [2.75, 3.05) is 26.0 Å². The van der Waals surface area contributed by atoms with Gasteiger partial charge in [0.25, 0.3) is 5.91 Å². The molecule has 132 valence electrons. The summed E-state index contributed by atoms with van der Waals surface area (Å²) >= 11 is 1.32. The highest BCUT2D eigenvalue weighted by Crippen LogP contribution is 2.26. The number of fused-ring (bicyclic) bond motifs is 1. The minimum Gasteiger partial charge on any atom is -0.383 e. The van der Waals surface area contributed by atoms with E-state index in [0.717, 1.165) is 23.7 Å². The molecule has 0 unspecified atom stereocenters. The minimum absolute atomic E-state index is 0.0764. The van der Waals surface area contributed by atoms with Crippen molar-refractivity contribution in [2.45, 2.75) is 23.9 Å². The summed E-state index contributed by atoms with van der Waals surface area (Å²) < 4.78 is 4.90. The van der Waals surface area contributed by atoms with Crippen LogP contribution in [0, 0.1) is 0 Å². The number of hydrogen-bond donors (Lipinski definition) is 2. The summed E-state index contributed by atoms with van der Waals surface area (Å²) in [6, 6.07) is 9.63. The van der Waals surface area contributed by atoms with Gasteiger partial charge in [-0.25, -0.2) is 4.98 Å². The van der Waals surface area contributed by atoms with Crippen molar-refractivity contribution in [2.24, 2.45) is 0 Å². The van der Waals surface area contributed by atoms with E-state index in [-0.39, 0.29) is 17.6 Å². The molecular weight excluding hydrogens is 338 g/mol. The number of nitrogens with one attached hydrogen (secondary N) is 2. The number of pyridine rings is 1. The normalized spacial score (nSPS) is 13.6. The van der Waals surface area contributed by atoms with Crippen molar-refractivity contribution in [3.05, 3.63) is 35.9 Å². The number of methoxy groups -OCH3 is 1. The maximum atomic E-state index is 12.5. The number of aromatic nitrogens is 1. The van der Waals surface area contributed by atoms with Crippen molar-refractivity contribution in [3.63, 3.8) is 0 Å². The molecule has 1 saturated carbocycles. The molecule has 2 N–H and O–H groups in total. The Morgan fingerprint density at radius 3 is 2.88 bits per heavy atom. The zero-order chi connectivity index (χ0) is 17.6. The monoisotopic (exact) mass is 359 g/mol. The van der Waals surface area contributed by atoms with Gasteiger partial charge in [-0.1, -0.05) is 30.0 Å². The molecule has 2 aromatic rings. The lowest BCUT2D eigenvalue weighted by Gasteiger charge is -2.10. The second-order valence-electron chi connectivity index (χ2n) is 5.90. The number of rotatable bonds is 8. The fourth-order valence-electron chi connectivity index (χ4n) is 2.39. The number of thioether (sulfide) groups is 1. The third-order valence-corrected chi connectivity index (χ3v) is 4.74. The highest BCUT2D eigenvalue weighted by Gasteiger charge is 2.25. The van der Waals surface area contributed by atoms with Gasteiger partial charge in [0.05, 0.1) is 28.5 Å². The van der Waals surface area contributed by atoms with Crippen LogP contribution in [-0.4, -0.2) is 48.9 Å². The second kappa shape index (κ2) is 8.31. The van der Waals surface area contributed by atoms with E-state index in [0.29, 0.717) is 29.8 Å². The first-order chi connectivity index (χ1) is 12.2. The van der Waals surface area contributed by atoms with E-state index < -0.39 is 0 Å². The summed E-state index contributed by atoms with van der Waals surface area (Å²) in [5.74, 6) is 0.0899. The van der Waals surface area contributed by atoms with Crippen LogP contribution in [0.15, 0.2) is 35.4 Å². The van der Waals surface area contributed by atoms with Crippen molar-refractivity contribution in [1.29, 1.82) is 0 Å². The van der Waals surface area contributed by atoms with Crippen LogP contribution < -0.4 is 10.6 Å². The quantitative estimate of drug-likeness (QED) is 0.556. The molecule has 6 nitrogen and oxygen atoms in total. The zero-order valence-corrected chi connectivity index (χ0v) is 14.9. The molecular formula is C18H21N3O3S. The van der Waals surface area contributed by atoms with E-state index in [1.54, 1.807) is 13.2 Å². The molecule has 7 heteroatoms. The Bertz CT molecular complexity index is 777. The molecule has 0 saturated heterocycles. The van der Waals surface area contributed by atoms with Crippen LogP contribution in [0.2, 0.25) is 0 Å². The molecule has 1 aliphatic rings. The number of benzene rings is 1. The highest BCUT2D eigenvalue weighted by atomic mass is 32.2. The van der Waals surface area contributed by atoms with Gasteiger partial charge in [0, 0.05) is 25.1 Å². The Balaban J connectivity index is 1.74. The van der Waals surface area contributed by atoms with E-state index in [4.69, 9.17) is 4.74 Å². The lowest BCUT2D eigenvalue weighted by molar-refractivity contribution is -0.118. The van der Waals surface area contributed by atoms with Crippen molar-refractivity contribution < 1.29 is 14.3 Å². The standard InChI is InChI=1S/C18H21N3O3S/c1-24-9-8-19-16(22)11-25-17-10-14(18(23)20-12-6-7-12)13-4-2-3-5-15(13)21-17/h2-5,10,12H,6-9,11H2,1H3,(H,19,22)(H,20,23). The van der Waals surface area contributed by atoms with E-state index in [1.165, 1.54) is 11.8 Å². The number of hydrogen-bond acceptors (Lipinski definition) is 5. The van der Waals surface area contributed by atoms with E-state index in [1.807, 2.05) is 24.3 Å². The molecule has 25 heavy (non-hydrogen) atoms. The van der Waals surface area contributed by atoms with Crippen LogP contribution in [0.1, 0.15) is 23.2 Å². The average molecular weight is 359 g/mol. The minimum atomic E-state index is -0.0824. The van der Waals surface area contributed by atoms with Gasteiger partial charge in [0.2, 0.25) is 5.91 Å². The topological polar surface area (TPSA) is 80.3 Å². The number of amides is 2. The number of carbonyl (C=O) groups excluding carboxylic acids is 2. The Hall–Kier alpha value is -2.12. The van der Waals surface area contributed by atoms with Gasteiger partial charge in [-0.15, -0.1) is 0 Å². The maximum absolute atomic E-state index is 12.5. The highest BCUT2D eigenvalue weighted by molar-refractivity contribution is 7.99. The number of carbonyl (C=O) groups is 2. The summed E-state index contributed by atoms with van der Waals surface area (Å²) in [5.41, 5.74) is 1.37. The van der Waals surface area contributed by atoms with Crippen LogP contribution in [0.5, 0.6) is 0 Å². The first-order valence-electron chi connectivity index (χ1n) is 8.26. The lowest BCUT2D eigenvalue weighted by Crippen LogP contribution is -2.28. The summed E-state index contributed by atoms with van der Waals surface area (Å²) in [4.78, 5) is 28.9. The summed E-state index contributed by atoms with van der Waals surface area (Å²) in [7, 11) is 1.59. The lowest BCUT2D eigenvalue weighted by atomic mass is 10.1. The van der Waals surface area contributed by atoms with Crippen molar-refractivity contribution in [1.82, 2.24) is 15.6 Å². The first-order valence-corrected chi connectivity index (χ1v) is 9.25. The fraction of sp³-hybridized carbons (Fsp3) is 0.389. The molecule has 1 aliphatic carbocycles. The first kappa shape index (κ1) is 17.7. The Morgan fingerprint density at radius 2 is 2.12 bits per heavy atom. The van der Waals surface area contributed by atoms with Crippen molar-refractivity contribution >= 4 is 34.5 Å². The summed E-state index contributed by atoms with van der Waals surface area (Å²) in [6.45, 7) is 0.964. The van der Waals surface area contributed by atoms with Gasteiger partial charge in [0.15, 0.2) is 0 Å². The molecule has 2 amide bonds. The average Bonchev–Trinajstić information content (AvgIpc) is 3.43. The Kier molecular flexibility index (Phi) is 5.88. The predicted octanol–water partition coefficient (Wildman–Crippen LogP) is 1.98. The third kappa shape index (κ3) is 4.93. The fourth-order valence-corrected chi connectivity index (χ4v) is 3.13. The van der Waals surface area contributed by atoms with Crippen LogP contribution in [0.3, 0.4) is 0 Å². The van der Waals surface area contributed by atoms with E-state index in [9.17, 15) is 9.59 Å². The molecule has 1 aromatic heterocycles. The molecule has 1 aromatic carbocycles. The second-order valence-corrected chi connectivity index (χ2v) is 6.90. The van der Waals surface area contributed by atoms with Gasteiger partial charge in [-0.05, 0) is 25.0 Å².